The Hall–Kier alpha value is -2.48. The molecule has 1 atom stereocenters. The lowest BCUT2D eigenvalue weighted by Crippen LogP contribution is -2.34. The maximum atomic E-state index is 11.5. The van der Waals surface area contributed by atoms with Gasteiger partial charge < -0.3 is 30.5 Å². The molecule has 2 rings (SSSR count). The highest BCUT2D eigenvalue weighted by molar-refractivity contribution is 5.96. The first-order valence-electron chi connectivity index (χ1n) is 8.18. The highest BCUT2D eigenvalue weighted by atomic mass is 16.6. The number of hydrogen-bond donors (Lipinski definition) is 4. The van der Waals surface area contributed by atoms with Crippen LogP contribution in [0.25, 0.3) is 0 Å². The summed E-state index contributed by atoms with van der Waals surface area (Å²) in [4.78, 5) is 22.8. The smallest absolute Gasteiger partial charge is 0.407 e. The number of alkyl carbamates (subject to hydrolysis) is 1. The molecule has 0 fully saturated rings. The molecule has 8 nitrogen and oxygen atoms in total. The third-order valence-electron chi connectivity index (χ3n) is 3.30. The fourth-order valence-corrected chi connectivity index (χ4v) is 2.19. The summed E-state index contributed by atoms with van der Waals surface area (Å²) in [7, 11) is 0. The molecule has 1 unspecified atom stereocenters. The molecule has 0 radical (unpaired) electrons. The van der Waals surface area contributed by atoms with E-state index < -0.39 is 17.8 Å². The lowest BCUT2D eigenvalue weighted by Gasteiger charge is -2.20. The molecule has 0 aliphatic carbocycles. The molecule has 138 valence electrons. The van der Waals surface area contributed by atoms with E-state index in [1.165, 1.54) is 0 Å². The van der Waals surface area contributed by atoms with Gasteiger partial charge in [-0.15, -0.1) is 0 Å². The zero-order chi connectivity index (χ0) is 18.4. The first kappa shape index (κ1) is 18.9. The van der Waals surface area contributed by atoms with E-state index in [4.69, 9.17) is 9.47 Å². The van der Waals surface area contributed by atoms with Gasteiger partial charge in [0.2, 0.25) is 0 Å². The van der Waals surface area contributed by atoms with Gasteiger partial charge in [0, 0.05) is 18.8 Å². The Kier molecular flexibility index (Phi) is 6.08. The summed E-state index contributed by atoms with van der Waals surface area (Å²) in [5, 5.41) is 18.4. The Bertz CT molecular complexity index is 627. The highest BCUT2D eigenvalue weighted by Crippen LogP contribution is 2.30. The largest absolute Gasteiger partial charge is 0.482 e. The number of anilines is 2. The van der Waals surface area contributed by atoms with Crippen LogP contribution in [-0.2, 0) is 9.53 Å². The summed E-state index contributed by atoms with van der Waals surface area (Å²) >= 11 is 0. The lowest BCUT2D eigenvalue weighted by molar-refractivity contribution is -0.118. The number of aliphatic hydroxyl groups is 1. The van der Waals surface area contributed by atoms with Gasteiger partial charge in [-0.1, -0.05) is 0 Å². The summed E-state index contributed by atoms with van der Waals surface area (Å²) in [6.07, 6.45) is -0.758. The average Bonchev–Trinajstić information content (AvgIpc) is 2.50. The van der Waals surface area contributed by atoms with Crippen molar-refractivity contribution in [2.75, 3.05) is 30.3 Å². The maximum absolute atomic E-state index is 11.5. The van der Waals surface area contributed by atoms with Crippen molar-refractivity contribution in [1.29, 1.82) is 0 Å². The van der Waals surface area contributed by atoms with Gasteiger partial charge in [-0.25, -0.2) is 4.79 Å². The molecule has 25 heavy (non-hydrogen) atoms. The molecular formula is C17H25N3O5. The van der Waals surface area contributed by atoms with Crippen LogP contribution in [0.4, 0.5) is 16.2 Å². The number of carbonyl (C=O) groups is 2. The first-order valence-corrected chi connectivity index (χ1v) is 8.18. The number of benzene rings is 1. The van der Waals surface area contributed by atoms with Crippen molar-refractivity contribution in [3.05, 3.63) is 18.2 Å². The third-order valence-corrected chi connectivity index (χ3v) is 3.30. The van der Waals surface area contributed by atoms with Crippen LogP contribution in [0.2, 0.25) is 0 Å². The van der Waals surface area contributed by atoms with Crippen molar-refractivity contribution >= 4 is 23.4 Å². The molecule has 4 N–H and O–H groups in total. The van der Waals surface area contributed by atoms with Gasteiger partial charge in [-0.2, -0.15) is 0 Å². The van der Waals surface area contributed by atoms with Crippen molar-refractivity contribution in [3.8, 4) is 5.75 Å². The summed E-state index contributed by atoms with van der Waals surface area (Å²) in [5.41, 5.74) is 0.807. The molecule has 2 amide bonds. The second-order valence-electron chi connectivity index (χ2n) is 6.80. The SMILES string of the molecule is CC(C)(C)OC(=O)NCCC(O)CNc1ccc2c(c1)NC(=O)CO2. The van der Waals surface area contributed by atoms with E-state index in [-0.39, 0.29) is 12.5 Å². The second-order valence-corrected chi connectivity index (χ2v) is 6.80. The van der Waals surface area contributed by atoms with Crippen LogP contribution in [0.3, 0.4) is 0 Å². The number of amides is 2. The van der Waals surface area contributed by atoms with Crippen LogP contribution in [0.5, 0.6) is 5.75 Å². The van der Waals surface area contributed by atoms with Crippen LogP contribution in [0.1, 0.15) is 27.2 Å². The molecule has 0 saturated heterocycles. The van der Waals surface area contributed by atoms with Gasteiger partial charge in [0.05, 0.1) is 11.8 Å². The number of carbonyl (C=O) groups excluding carboxylic acids is 2. The van der Waals surface area contributed by atoms with Crippen LogP contribution >= 0.6 is 0 Å². The summed E-state index contributed by atoms with van der Waals surface area (Å²) < 4.78 is 10.4. The summed E-state index contributed by atoms with van der Waals surface area (Å²) in [5.74, 6) is 0.421. The lowest BCUT2D eigenvalue weighted by atomic mass is 10.2. The highest BCUT2D eigenvalue weighted by Gasteiger charge is 2.17. The fourth-order valence-electron chi connectivity index (χ4n) is 2.19. The maximum Gasteiger partial charge on any atom is 0.407 e. The van der Waals surface area contributed by atoms with Crippen molar-refractivity contribution in [1.82, 2.24) is 5.32 Å². The first-order chi connectivity index (χ1) is 11.7. The van der Waals surface area contributed by atoms with Crippen molar-refractivity contribution < 1.29 is 24.2 Å². The Morgan fingerprint density at radius 3 is 2.92 bits per heavy atom. The molecule has 1 aromatic rings. The standard InChI is InChI=1S/C17H25N3O5/c1-17(2,3)25-16(23)18-7-6-12(21)9-19-11-4-5-14-13(8-11)20-15(22)10-24-14/h4-5,8,12,19,21H,6-7,9-10H2,1-3H3,(H,18,23)(H,20,22). The predicted molar refractivity (Wildman–Crippen MR) is 93.9 cm³/mol. The molecule has 8 heteroatoms. The number of hydrogen-bond acceptors (Lipinski definition) is 6. The fraction of sp³-hybridized carbons (Fsp3) is 0.529. The van der Waals surface area contributed by atoms with E-state index in [1.54, 1.807) is 32.9 Å². The van der Waals surface area contributed by atoms with E-state index in [1.807, 2.05) is 6.07 Å². The number of fused-ring (bicyclic) bond motifs is 1. The minimum Gasteiger partial charge on any atom is -0.482 e. The van der Waals surface area contributed by atoms with Crippen LogP contribution in [-0.4, -0.2) is 48.5 Å². The summed E-state index contributed by atoms with van der Waals surface area (Å²) in [6, 6.07) is 5.31. The Morgan fingerprint density at radius 1 is 1.44 bits per heavy atom. The van der Waals surface area contributed by atoms with E-state index in [9.17, 15) is 14.7 Å². The summed E-state index contributed by atoms with van der Waals surface area (Å²) in [6.45, 7) is 6.00. The molecule has 0 saturated carbocycles. The van der Waals surface area contributed by atoms with Gasteiger partial charge in [0.1, 0.15) is 11.4 Å². The number of ether oxygens (including phenoxy) is 2. The third kappa shape index (κ3) is 6.50. The van der Waals surface area contributed by atoms with E-state index in [2.05, 4.69) is 16.0 Å². The van der Waals surface area contributed by atoms with Crippen molar-refractivity contribution in [2.24, 2.45) is 0 Å². The molecular weight excluding hydrogens is 326 g/mol. The molecule has 1 aliphatic heterocycles. The zero-order valence-electron chi connectivity index (χ0n) is 14.7. The van der Waals surface area contributed by atoms with Crippen molar-refractivity contribution in [3.63, 3.8) is 0 Å². The van der Waals surface area contributed by atoms with Gasteiger partial charge in [0.15, 0.2) is 6.61 Å². The molecule has 1 aliphatic rings. The number of rotatable bonds is 6. The van der Waals surface area contributed by atoms with E-state index in [0.29, 0.717) is 30.9 Å². The van der Waals surface area contributed by atoms with Gasteiger partial charge >= 0.3 is 6.09 Å². The molecule has 0 bridgehead atoms. The topological polar surface area (TPSA) is 109 Å². The predicted octanol–water partition coefficient (Wildman–Crippen LogP) is 1.71. The Labute approximate surface area is 146 Å². The van der Waals surface area contributed by atoms with Crippen LogP contribution in [0, 0.1) is 0 Å². The van der Waals surface area contributed by atoms with Crippen LogP contribution in [0.15, 0.2) is 18.2 Å². The normalized spacial score (nSPS) is 14.6. The molecule has 1 aromatic carbocycles. The molecule has 1 heterocycles. The quantitative estimate of drug-likeness (QED) is 0.621. The van der Waals surface area contributed by atoms with E-state index in [0.717, 1.165) is 5.69 Å². The minimum absolute atomic E-state index is 0.0170. The average molecular weight is 351 g/mol. The minimum atomic E-state index is -0.642. The van der Waals surface area contributed by atoms with Gasteiger partial charge in [0.25, 0.3) is 5.91 Å². The second kappa shape index (κ2) is 8.06. The zero-order valence-corrected chi connectivity index (χ0v) is 14.7. The molecule has 0 spiro atoms. The van der Waals surface area contributed by atoms with E-state index >= 15 is 0 Å². The number of nitrogens with one attached hydrogen (secondary N) is 3. The molecule has 0 aromatic heterocycles. The Balaban J connectivity index is 1.71. The van der Waals surface area contributed by atoms with Gasteiger partial charge in [-0.3, -0.25) is 4.79 Å². The van der Waals surface area contributed by atoms with Gasteiger partial charge in [-0.05, 0) is 45.4 Å². The Morgan fingerprint density at radius 2 is 2.20 bits per heavy atom. The van der Waals surface area contributed by atoms with Crippen LogP contribution < -0.4 is 20.7 Å². The monoisotopic (exact) mass is 351 g/mol. The number of aliphatic hydroxyl groups excluding tert-OH is 1. The van der Waals surface area contributed by atoms with Crippen molar-refractivity contribution in [2.45, 2.75) is 38.9 Å².